The molecule has 7 nitrogen and oxygen atoms in total. The molecule has 2 N–H and O–H groups in total. The summed E-state index contributed by atoms with van der Waals surface area (Å²) >= 11 is 0. The van der Waals surface area contributed by atoms with Crippen molar-refractivity contribution in [2.24, 2.45) is 5.41 Å². The average molecular weight is 367 g/mol. The number of carboxylic acids is 1. The van der Waals surface area contributed by atoms with Crippen molar-refractivity contribution in [3.8, 4) is 0 Å². The van der Waals surface area contributed by atoms with Crippen LogP contribution in [0.5, 0.6) is 0 Å². The molecule has 0 aliphatic carbocycles. The maximum absolute atomic E-state index is 12.9. The van der Waals surface area contributed by atoms with E-state index in [2.05, 4.69) is 5.32 Å². The molecule has 1 saturated heterocycles. The second-order valence-corrected chi connectivity index (χ2v) is 8.21. The van der Waals surface area contributed by atoms with Crippen molar-refractivity contribution in [1.29, 1.82) is 0 Å². The van der Waals surface area contributed by atoms with E-state index in [1.807, 2.05) is 32.7 Å². The number of carbonyl (C=O) groups excluding carboxylic acids is 2. The lowest BCUT2D eigenvalue weighted by molar-refractivity contribution is -0.139. The first-order valence-electron chi connectivity index (χ1n) is 9.10. The highest BCUT2D eigenvalue weighted by atomic mass is 16.4. The van der Waals surface area contributed by atoms with Crippen LogP contribution in [-0.2, 0) is 14.4 Å². The second-order valence-electron chi connectivity index (χ2n) is 8.21. The predicted molar refractivity (Wildman–Crippen MR) is 101 cm³/mol. The Morgan fingerprint density at radius 1 is 1.31 bits per heavy atom. The van der Waals surface area contributed by atoms with Crippen molar-refractivity contribution < 1.29 is 19.5 Å². The van der Waals surface area contributed by atoms with Gasteiger partial charge in [0.15, 0.2) is 0 Å². The van der Waals surface area contributed by atoms with Crippen LogP contribution in [0.1, 0.15) is 47.0 Å². The number of nitrogens with one attached hydrogen (secondary N) is 1. The number of hydrogen-bond acceptors (Lipinski definition) is 4. The fraction of sp³-hybridized carbons (Fsp3) is 0.737. The minimum Gasteiger partial charge on any atom is -0.478 e. The third-order valence-corrected chi connectivity index (χ3v) is 4.86. The largest absolute Gasteiger partial charge is 0.478 e. The molecular weight excluding hydrogens is 334 g/mol. The molecular formula is C19H33N3O4. The Labute approximate surface area is 156 Å². The van der Waals surface area contributed by atoms with Gasteiger partial charge < -0.3 is 15.3 Å². The molecule has 0 unspecified atom stereocenters. The SMILES string of the molecule is C/C(=C\CN(C)C(=O)[C@H](NC(=O)[C@@H]1CCCCN1C)C(C)(C)C)C(=O)O. The van der Waals surface area contributed by atoms with Gasteiger partial charge in [0.25, 0.3) is 0 Å². The van der Waals surface area contributed by atoms with E-state index in [1.54, 1.807) is 7.05 Å². The van der Waals surface area contributed by atoms with E-state index >= 15 is 0 Å². The lowest BCUT2D eigenvalue weighted by Crippen LogP contribution is -2.58. The lowest BCUT2D eigenvalue weighted by atomic mass is 9.85. The van der Waals surface area contributed by atoms with Gasteiger partial charge in [-0.05, 0) is 38.8 Å². The molecule has 0 radical (unpaired) electrons. The van der Waals surface area contributed by atoms with Gasteiger partial charge in [0.05, 0.1) is 6.04 Å². The van der Waals surface area contributed by atoms with Gasteiger partial charge >= 0.3 is 5.97 Å². The molecule has 0 bridgehead atoms. The van der Waals surface area contributed by atoms with E-state index < -0.39 is 17.4 Å². The first-order chi connectivity index (χ1) is 11.9. The Morgan fingerprint density at radius 2 is 1.92 bits per heavy atom. The summed E-state index contributed by atoms with van der Waals surface area (Å²) in [5.41, 5.74) is -0.274. The number of aliphatic carboxylic acids is 1. The number of rotatable bonds is 6. The fourth-order valence-electron chi connectivity index (χ4n) is 2.97. The Morgan fingerprint density at radius 3 is 2.42 bits per heavy atom. The average Bonchev–Trinajstić information content (AvgIpc) is 2.55. The molecule has 2 amide bonds. The summed E-state index contributed by atoms with van der Waals surface area (Å²) in [6, 6.07) is -0.880. The molecule has 148 valence electrons. The van der Waals surface area contributed by atoms with E-state index in [1.165, 1.54) is 17.9 Å². The van der Waals surface area contributed by atoms with Crippen molar-refractivity contribution in [2.75, 3.05) is 27.2 Å². The zero-order valence-electron chi connectivity index (χ0n) is 16.8. The van der Waals surface area contributed by atoms with E-state index in [0.29, 0.717) is 0 Å². The Balaban J connectivity index is 2.85. The third-order valence-electron chi connectivity index (χ3n) is 4.86. The zero-order valence-corrected chi connectivity index (χ0v) is 16.8. The van der Waals surface area contributed by atoms with Crippen LogP contribution in [0.25, 0.3) is 0 Å². The summed E-state index contributed by atoms with van der Waals surface area (Å²) < 4.78 is 0. The molecule has 0 saturated carbocycles. The molecule has 1 heterocycles. The first-order valence-corrected chi connectivity index (χ1v) is 9.10. The lowest BCUT2D eigenvalue weighted by Gasteiger charge is -2.37. The van der Waals surface area contributed by atoms with Crippen LogP contribution >= 0.6 is 0 Å². The standard InChI is InChI=1S/C19H33N3O4/c1-13(18(25)26)10-12-22(6)17(24)15(19(2,3)4)20-16(23)14-9-7-8-11-21(14)5/h10,14-15H,7-9,11-12H2,1-6H3,(H,20,23)(H,25,26)/b13-10+/t14-,15-/m0/s1. The smallest absolute Gasteiger partial charge is 0.331 e. The number of hydrogen-bond donors (Lipinski definition) is 2. The quantitative estimate of drug-likeness (QED) is 0.694. The Kier molecular flexibility index (Phi) is 7.81. The number of likely N-dealkylation sites (tertiary alicyclic amines) is 1. The number of piperidine rings is 1. The summed E-state index contributed by atoms with van der Waals surface area (Å²) in [4.78, 5) is 40.0. The van der Waals surface area contributed by atoms with Crippen LogP contribution in [0.2, 0.25) is 0 Å². The second kappa shape index (κ2) is 9.16. The fourth-order valence-corrected chi connectivity index (χ4v) is 2.97. The molecule has 1 fully saturated rings. The van der Waals surface area contributed by atoms with Crippen LogP contribution in [-0.4, -0.2) is 72.0 Å². The van der Waals surface area contributed by atoms with Gasteiger partial charge in [0.1, 0.15) is 6.04 Å². The maximum atomic E-state index is 12.9. The van der Waals surface area contributed by atoms with Gasteiger partial charge in [0.2, 0.25) is 11.8 Å². The highest BCUT2D eigenvalue weighted by molar-refractivity contribution is 5.90. The summed E-state index contributed by atoms with van der Waals surface area (Å²) in [5, 5.41) is 11.9. The summed E-state index contributed by atoms with van der Waals surface area (Å²) in [5.74, 6) is -1.35. The molecule has 0 spiro atoms. The summed E-state index contributed by atoms with van der Waals surface area (Å²) in [6.07, 6.45) is 4.39. The number of likely N-dealkylation sites (N-methyl/N-ethyl adjacent to an activating group) is 2. The zero-order chi connectivity index (χ0) is 20.1. The normalized spacial score (nSPS) is 20.4. The van der Waals surface area contributed by atoms with E-state index in [9.17, 15) is 14.4 Å². The molecule has 26 heavy (non-hydrogen) atoms. The number of amides is 2. The summed E-state index contributed by atoms with van der Waals surface area (Å²) in [7, 11) is 3.55. The molecule has 0 aromatic carbocycles. The van der Waals surface area contributed by atoms with Gasteiger partial charge in [-0.15, -0.1) is 0 Å². The van der Waals surface area contributed by atoms with Crippen molar-refractivity contribution in [2.45, 2.75) is 59.0 Å². The summed E-state index contributed by atoms with van der Waals surface area (Å²) in [6.45, 7) is 8.28. The molecule has 1 aliphatic rings. The molecule has 2 atom stereocenters. The van der Waals surface area contributed by atoms with Gasteiger partial charge in [-0.25, -0.2) is 4.79 Å². The Hall–Kier alpha value is -1.89. The van der Waals surface area contributed by atoms with Crippen molar-refractivity contribution >= 4 is 17.8 Å². The van der Waals surface area contributed by atoms with Crippen LogP contribution < -0.4 is 5.32 Å². The van der Waals surface area contributed by atoms with Crippen molar-refractivity contribution in [1.82, 2.24) is 15.1 Å². The van der Waals surface area contributed by atoms with Crippen LogP contribution in [0, 0.1) is 5.41 Å². The van der Waals surface area contributed by atoms with Crippen molar-refractivity contribution in [3.63, 3.8) is 0 Å². The van der Waals surface area contributed by atoms with Crippen LogP contribution in [0.3, 0.4) is 0 Å². The van der Waals surface area contributed by atoms with E-state index in [-0.39, 0.29) is 30.0 Å². The molecule has 1 rings (SSSR count). The van der Waals surface area contributed by atoms with E-state index in [4.69, 9.17) is 5.11 Å². The monoisotopic (exact) mass is 367 g/mol. The number of nitrogens with zero attached hydrogens (tertiary/aromatic N) is 2. The molecule has 1 aliphatic heterocycles. The van der Waals surface area contributed by atoms with Gasteiger partial charge in [-0.3, -0.25) is 14.5 Å². The van der Waals surface area contributed by atoms with Gasteiger partial charge in [0, 0.05) is 19.2 Å². The third kappa shape index (κ3) is 6.12. The van der Waals surface area contributed by atoms with Gasteiger partial charge in [-0.2, -0.15) is 0 Å². The first kappa shape index (κ1) is 22.2. The maximum Gasteiger partial charge on any atom is 0.331 e. The predicted octanol–water partition coefficient (Wildman–Crippen LogP) is 1.49. The van der Waals surface area contributed by atoms with E-state index in [0.717, 1.165) is 25.8 Å². The number of carbonyl (C=O) groups is 3. The molecule has 0 aromatic heterocycles. The Bertz CT molecular complexity index is 566. The molecule has 7 heteroatoms. The minimum absolute atomic E-state index is 0.119. The topological polar surface area (TPSA) is 90.0 Å². The highest BCUT2D eigenvalue weighted by Gasteiger charge is 2.37. The number of carboxylic acid groups (broad SMARTS) is 1. The highest BCUT2D eigenvalue weighted by Crippen LogP contribution is 2.22. The van der Waals surface area contributed by atoms with Crippen molar-refractivity contribution in [3.05, 3.63) is 11.6 Å². The molecule has 0 aromatic rings. The minimum atomic E-state index is -1.01. The van der Waals surface area contributed by atoms with Crippen LogP contribution in [0.15, 0.2) is 11.6 Å². The van der Waals surface area contributed by atoms with Crippen LogP contribution in [0.4, 0.5) is 0 Å². The van der Waals surface area contributed by atoms with Gasteiger partial charge in [-0.1, -0.05) is 33.3 Å².